The lowest BCUT2D eigenvalue weighted by molar-refractivity contribution is -0.150. The molecule has 2 aromatic heterocycles. The molecule has 250 valence electrons. The van der Waals surface area contributed by atoms with Gasteiger partial charge in [-0.1, -0.05) is 57.8 Å². The van der Waals surface area contributed by atoms with Crippen molar-refractivity contribution in [3.63, 3.8) is 0 Å². The lowest BCUT2D eigenvalue weighted by Gasteiger charge is -2.26. The number of esters is 1. The third-order valence-corrected chi connectivity index (χ3v) is 10.2. The van der Waals surface area contributed by atoms with E-state index in [1.165, 1.54) is 0 Å². The molecule has 3 unspecified atom stereocenters. The fraction of sp³-hybridized carbons (Fsp3) is 0.405. The van der Waals surface area contributed by atoms with Crippen LogP contribution >= 0.6 is 31.9 Å². The fourth-order valence-electron chi connectivity index (χ4n) is 6.22. The van der Waals surface area contributed by atoms with Crippen LogP contribution in [0, 0.1) is 17.8 Å². The number of aromatic nitrogens is 2. The summed E-state index contributed by atoms with van der Waals surface area (Å²) in [6, 6.07) is 18.0. The zero-order valence-electron chi connectivity index (χ0n) is 26.9. The maximum Gasteiger partial charge on any atom is 0.410 e. The minimum absolute atomic E-state index is 0.00264. The van der Waals surface area contributed by atoms with Crippen LogP contribution in [-0.4, -0.2) is 63.8 Å². The van der Waals surface area contributed by atoms with Crippen molar-refractivity contribution >= 4 is 77.3 Å². The summed E-state index contributed by atoms with van der Waals surface area (Å²) in [6.07, 6.45) is 2.57. The Morgan fingerprint density at radius 2 is 1.27 bits per heavy atom. The van der Waals surface area contributed by atoms with Gasteiger partial charge in [-0.05, 0) is 92.0 Å². The molecule has 1 aliphatic carbocycles. The summed E-state index contributed by atoms with van der Waals surface area (Å²) in [5, 5.41) is 1.91. The van der Waals surface area contributed by atoms with Crippen molar-refractivity contribution in [1.29, 1.82) is 0 Å². The predicted molar refractivity (Wildman–Crippen MR) is 189 cm³/mol. The lowest BCUT2D eigenvalue weighted by atomic mass is 10.0. The number of pyridine rings is 2. The number of nitrogens with zero attached hydrogens (tertiary/aromatic N) is 3. The van der Waals surface area contributed by atoms with E-state index in [0.29, 0.717) is 37.1 Å². The lowest BCUT2D eigenvalue weighted by Crippen LogP contribution is -2.44. The normalized spacial score (nSPS) is 19.5. The molecule has 9 nitrogen and oxygen atoms in total. The van der Waals surface area contributed by atoms with Crippen molar-refractivity contribution in [3.8, 4) is 0 Å². The van der Waals surface area contributed by atoms with Gasteiger partial charge in [-0.2, -0.15) is 0 Å². The van der Waals surface area contributed by atoms with Crippen LogP contribution in [0.4, 0.5) is 4.79 Å². The molecule has 1 aliphatic heterocycles. The van der Waals surface area contributed by atoms with Gasteiger partial charge >= 0.3 is 12.1 Å². The van der Waals surface area contributed by atoms with E-state index in [-0.39, 0.29) is 55.0 Å². The number of ether oxygens (including phenoxy) is 2. The van der Waals surface area contributed by atoms with Crippen LogP contribution in [0.3, 0.4) is 0 Å². The Balaban J connectivity index is 0.929. The molecule has 4 aromatic rings. The molecule has 1 saturated carbocycles. The van der Waals surface area contributed by atoms with Crippen LogP contribution in [0.15, 0.2) is 69.6 Å². The second-order valence-electron chi connectivity index (χ2n) is 13.1. The van der Waals surface area contributed by atoms with Crippen LogP contribution in [0.5, 0.6) is 0 Å². The van der Waals surface area contributed by atoms with Crippen molar-refractivity contribution < 1.29 is 28.7 Å². The Kier molecular flexibility index (Phi) is 10.6. The Morgan fingerprint density at radius 3 is 1.81 bits per heavy atom. The maximum atomic E-state index is 13.1. The Bertz CT molecular complexity index is 1880. The number of benzene rings is 2. The van der Waals surface area contributed by atoms with Crippen molar-refractivity contribution in [1.82, 2.24) is 14.9 Å². The molecule has 0 spiro atoms. The Morgan fingerprint density at radius 1 is 0.750 bits per heavy atom. The number of Topliss-reactive ketones (excluding diaryl/α,β-unsaturated/α-hetero) is 2. The summed E-state index contributed by atoms with van der Waals surface area (Å²) in [6.45, 7) is 4.18. The minimum Gasteiger partial charge on any atom is -0.464 e. The molecular weight excluding hydrogens is 742 g/mol. The number of rotatable bonds is 13. The third kappa shape index (κ3) is 8.11. The Labute approximate surface area is 296 Å². The third-order valence-electron chi connectivity index (χ3n) is 9.19. The van der Waals surface area contributed by atoms with Gasteiger partial charge in [0.05, 0.1) is 24.2 Å². The quantitative estimate of drug-likeness (QED) is 0.0983. The zero-order chi connectivity index (χ0) is 33.9. The Hall–Kier alpha value is -3.70. The number of hydrogen-bond acceptors (Lipinski definition) is 8. The van der Waals surface area contributed by atoms with Crippen molar-refractivity contribution in [2.24, 2.45) is 17.8 Å². The SMILES string of the molecule is C[C@H](CCC(=O)c1ccc2cc(Br)ccc2n1)COC(=O)C1CC2CC2N1C(=O)OC[C@H](C)CCC(=O)c1ccc2cc(Br)ccc2n1. The first-order chi connectivity index (χ1) is 23.0. The van der Waals surface area contributed by atoms with E-state index in [2.05, 4.69) is 41.8 Å². The van der Waals surface area contributed by atoms with E-state index in [1.807, 2.05) is 62.4 Å². The van der Waals surface area contributed by atoms with Gasteiger partial charge in [0, 0.05) is 38.6 Å². The largest absolute Gasteiger partial charge is 0.464 e. The van der Waals surface area contributed by atoms with Crippen molar-refractivity contribution in [3.05, 3.63) is 81.0 Å². The van der Waals surface area contributed by atoms with Gasteiger partial charge in [-0.15, -0.1) is 0 Å². The molecule has 0 radical (unpaired) electrons. The highest BCUT2D eigenvalue weighted by atomic mass is 79.9. The van der Waals surface area contributed by atoms with Gasteiger partial charge in [-0.3, -0.25) is 14.5 Å². The van der Waals surface area contributed by atoms with Crippen LogP contribution in [0.25, 0.3) is 21.8 Å². The first-order valence-corrected chi connectivity index (χ1v) is 17.9. The van der Waals surface area contributed by atoms with E-state index in [1.54, 1.807) is 17.0 Å². The number of piperidine rings is 1. The number of likely N-dealkylation sites (tertiary alicyclic amines) is 1. The molecule has 0 N–H and O–H groups in total. The van der Waals surface area contributed by atoms with Crippen LogP contribution in [0.1, 0.15) is 73.3 Å². The summed E-state index contributed by atoms with van der Waals surface area (Å²) in [5.41, 5.74) is 2.36. The van der Waals surface area contributed by atoms with E-state index < -0.39 is 18.1 Å². The monoisotopic (exact) mass is 777 g/mol. The van der Waals surface area contributed by atoms with Crippen LogP contribution < -0.4 is 0 Å². The molecule has 1 saturated heterocycles. The van der Waals surface area contributed by atoms with Crippen molar-refractivity contribution in [2.75, 3.05) is 13.2 Å². The minimum atomic E-state index is -0.673. The number of halogens is 2. The number of amides is 1. The van der Waals surface area contributed by atoms with E-state index in [0.717, 1.165) is 37.2 Å². The molecule has 2 aliphatic rings. The van der Waals surface area contributed by atoms with Gasteiger partial charge < -0.3 is 9.47 Å². The van der Waals surface area contributed by atoms with E-state index >= 15 is 0 Å². The highest BCUT2D eigenvalue weighted by molar-refractivity contribution is 9.10. The number of carbonyl (C=O) groups is 4. The zero-order valence-corrected chi connectivity index (χ0v) is 30.0. The molecule has 5 atom stereocenters. The molecule has 6 rings (SSSR count). The second kappa shape index (κ2) is 14.8. The van der Waals surface area contributed by atoms with Gasteiger partial charge in [-0.25, -0.2) is 19.6 Å². The molecule has 11 heteroatoms. The van der Waals surface area contributed by atoms with E-state index in [9.17, 15) is 19.2 Å². The molecule has 0 bridgehead atoms. The first-order valence-electron chi connectivity index (χ1n) is 16.4. The second-order valence-corrected chi connectivity index (χ2v) is 15.0. The predicted octanol–water partition coefficient (Wildman–Crippen LogP) is 8.35. The summed E-state index contributed by atoms with van der Waals surface area (Å²) in [5.74, 6) is -0.354. The van der Waals surface area contributed by atoms with Gasteiger partial charge in [0.1, 0.15) is 17.4 Å². The molecular formula is C37H37Br2N3O6. The standard InChI is InChI=1S/C37H37Br2N3O6/c1-21(3-13-34(43)30-9-5-23-15-26(38)7-11-28(23)40-30)19-47-36(45)33-18-25-17-32(25)42(33)37(46)48-20-22(2)4-14-35(44)31-10-6-24-16-27(39)8-12-29(24)41-31/h5-12,15-16,21-22,25,32-33H,3-4,13-14,17-20H2,1-2H3/t21-,22-,25?,32?,33?/m1/s1. The summed E-state index contributed by atoms with van der Waals surface area (Å²) >= 11 is 6.90. The smallest absolute Gasteiger partial charge is 0.410 e. The van der Waals surface area contributed by atoms with Crippen LogP contribution in [0.2, 0.25) is 0 Å². The summed E-state index contributed by atoms with van der Waals surface area (Å²) < 4.78 is 13.2. The average molecular weight is 780 g/mol. The van der Waals surface area contributed by atoms with Gasteiger partial charge in [0.25, 0.3) is 0 Å². The number of ketones is 2. The number of fused-ring (bicyclic) bond motifs is 3. The summed E-state index contributed by atoms with van der Waals surface area (Å²) in [4.78, 5) is 62.4. The number of carbonyl (C=O) groups excluding carboxylic acids is 4. The molecule has 48 heavy (non-hydrogen) atoms. The highest BCUT2D eigenvalue weighted by Gasteiger charge is 2.57. The molecule has 3 heterocycles. The summed E-state index contributed by atoms with van der Waals surface area (Å²) in [7, 11) is 0. The molecule has 2 aromatic carbocycles. The fourth-order valence-corrected chi connectivity index (χ4v) is 6.98. The highest BCUT2D eigenvalue weighted by Crippen LogP contribution is 2.48. The average Bonchev–Trinajstić information content (AvgIpc) is 3.75. The van der Waals surface area contributed by atoms with Crippen LogP contribution in [-0.2, 0) is 14.3 Å². The van der Waals surface area contributed by atoms with E-state index in [4.69, 9.17) is 9.47 Å². The molecule has 1 amide bonds. The van der Waals surface area contributed by atoms with Gasteiger partial charge in [0.2, 0.25) is 0 Å². The van der Waals surface area contributed by atoms with Crippen molar-refractivity contribution in [2.45, 2.75) is 64.5 Å². The first kappa shape index (κ1) is 34.2. The van der Waals surface area contributed by atoms with Gasteiger partial charge in [0.15, 0.2) is 11.6 Å². The molecule has 2 fully saturated rings. The topological polar surface area (TPSA) is 116 Å². The number of hydrogen-bond donors (Lipinski definition) is 0. The maximum absolute atomic E-state index is 13.1.